The third kappa shape index (κ3) is 2.74. The molecular weight excluding hydrogens is 317 g/mol. The minimum absolute atomic E-state index is 0.130. The number of nitrogens with one attached hydrogen (secondary N) is 1. The molecule has 1 amide bonds. The summed E-state index contributed by atoms with van der Waals surface area (Å²) < 4.78 is 14.1. The number of phenols is 1. The molecule has 0 aliphatic heterocycles. The predicted octanol–water partition coefficient (Wildman–Crippen LogP) is 2.25. The summed E-state index contributed by atoms with van der Waals surface area (Å²) in [6.45, 7) is 1.50. The van der Waals surface area contributed by atoms with Gasteiger partial charge in [0.1, 0.15) is 0 Å². The number of aliphatic hydroxyl groups is 1. The third-order valence-corrected chi connectivity index (χ3v) is 4.29. The molecule has 0 unspecified atom stereocenters. The van der Waals surface area contributed by atoms with Crippen molar-refractivity contribution >= 4 is 21.8 Å². The summed E-state index contributed by atoms with van der Waals surface area (Å²) in [5, 5.41) is 22.0. The number of amides is 1. The quantitative estimate of drug-likeness (QED) is 0.778. The van der Waals surface area contributed by atoms with E-state index in [0.717, 1.165) is 6.42 Å². The number of aliphatic hydroxyl groups excluding tert-OH is 1. The molecule has 0 spiro atoms. The Labute approximate surface area is 118 Å². The summed E-state index contributed by atoms with van der Waals surface area (Å²) >= 11 is 3.14. The lowest BCUT2D eigenvalue weighted by atomic mass is 10.1. The molecule has 0 saturated heterocycles. The third-order valence-electron chi connectivity index (χ3n) is 3.46. The van der Waals surface area contributed by atoms with Crippen LogP contribution in [0, 0.1) is 12.7 Å². The highest BCUT2D eigenvalue weighted by Crippen LogP contribution is 2.30. The van der Waals surface area contributed by atoms with Gasteiger partial charge in [0, 0.05) is 10.0 Å². The lowest BCUT2D eigenvalue weighted by molar-refractivity contribution is 0.0869. The van der Waals surface area contributed by atoms with Gasteiger partial charge in [-0.3, -0.25) is 4.79 Å². The largest absolute Gasteiger partial charge is 0.504 e. The zero-order valence-electron chi connectivity index (χ0n) is 10.4. The van der Waals surface area contributed by atoms with E-state index in [1.807, 2.05) is 0 Å². The molecule has 1 saturated carbocycles. The SMILES string of the molecule is Cc1c(Br)cc(C(=O)N[C@H]2CCC[C@@H]2O)c(O)c1F. The Hall–Kier alpha value is -1.14. The van der Waals surface area contributed by atoms with E-state index < -0.39 is 23.6 Å². The van der Waals surface area contributed by atoms with Gasteiger partial charge >= 0.3 is 0 Å². The van der Waals surface area contributed by atoms with E-state index in [2.05, 4.69) is 21.2 Å². The summed E-state index contributed by atoms with van der Waals surface area (Å²) in [7, 11) is 0. The van der Waals surface area contributed by atoms with Gasteiger partial charge in [0.25, 0.3) is 5.91 Å². The van der Waals surface area contributed by atoms with Crippen molar-refractivity contribution in [1.82, 2.24) is 5.32 Å². The van der Waals surface area contributed by atoms with Gasteiger partial charge < -0.3 is 15.5 Å². The fraction of sp³-hybridized carbons (Fsp3) is 0.462. The summed E-state index contributed by atoms with van der Waals surface area (Å²) in [5.41, 5.74) is 0.115. The Kier molecular flexibility index (Phi) is 4.10. The van der Waals surface area contributed by atoms with Crippen molar-refractivity contribution < 1.29 is 19.4 Å². The fourth-order valence-electron chi connectivity index (χ4n) is 2.23. The lowest BCUT2D eigenvalue weighted by Gasteiger charge is -2.17. The topological polar surface area (TPSA) is 69.6 Å². The van der Waals surface area contributed by atoms with Gasteiger partial charge in [-0.1, -0.05) is 15.9 Å². The van der Waals surface area contributed by atoms with E-state index >= 15 is 0 Å². The number of carbonyl (C=O) groups excluding carboxylic acids is 1. The molecule has 2 atom stereocenters. The number of aromatic hydroxyl groups is 1. The molecule has 2 rings (SSSR count). The molecule has 1 aromatic rings. The number of halogens is 2. The Balaban J connectivity index is 2.24. The van der Waals surface area contributed by atoms with Gasteiger partial charge in [-0.05, 0) is 32.3 Å². The van der Waals surface area contributed by atoms with E-state index in [1.165, 1.54) is 13.0 Å². The average molecular weight is 332 g/mol. The molecule has 19 heavy (non-hydrogen) atoms. The Morgan fingerprint density at radius 1 is 1.53 bits per heavy atom. The number of benzene rings is 1. The van der Waals surface area contributed by atoms with Crippen LogP contribution in [0.1, 0.15) is 35.2 Å². The van der Waals surface area contributed by atoms with E-state index in [0.29, 0.717) is 17.3 Å². The van der Waals surface area contributed by atoms with Crippen molar-refractivity contribution in [2.24, 2.45) is 0 Å². The maximum Gasteiger partial charge on any atom is 0.255 e. The maximum atomic E-state index is 13.7. The van der Waals surface area contributed by atoms with Crippen molar-refractivity contribution in [1.29, 1.82) is 0 Å². The van der Waals surface area contributed by atoms with Gasteiger partial charge in [0.2, 0.25) is 0 Å². The molecule has 1 fully saturated rings. The molecule has 104 valence electrons. The van der Waals surface area contributed by atoms with Crippen molar-refractivity contribution in [2.75, 3.05) is 0 Å². The van der Waals surface area contributed by atoms with Crippen LogP contribution in [0.2, 0.25) is 0 Å². The number of hydrogen-bond acceptors (Lipinski definition) is 3. The number of rotatable bonds is 2. The molecule has 0 radical (unpaired) electrons. The summed E-state index contributed by atoms with van der Waals surface area (Å²) in [6, 6.07) is 1.04. The van der Waals surface area contributed by atoms with Gasteiger partial charge in [0.05, 0.1) is 17.7 Å². The minimum Gasteiger partial charge on any atom is -0.504 e. The molecular formula is C13H15BrFNO3. The predicted molar refractivity (Wildman–Crippen MR) is 71.6 cm³/mol. The zero-order chi connectivity index (χ0) is 14.2. The first-order valence-electron chi connectivity index (χ1n) is 6.08. The fourth-order valence-corrected chi connectivity index (χ4v) is 2.64. The van der Waals surface area contributed by atoms with Crippen LogP contribution in [-0.4, -0.2) is 28.3 Å². The molecule has 0 heterocycles. The van der Waals surface area contributed by atoms with E-state index in [9.17, 15) is 19.4 Å². The second-order valence-electron chi connectivity index (χ2n) is 4.77. The highest BCUT2D eigenvalue weighted by atomic mass is 79.9. The molecule has 1 aliphatic rings. The molecule has 4 nitrogen and oxygen atoms in total. The van der Waals surface area contributed by atoms with Crippen LogP contribution in [0.5, 0.6) is 5.75 Å². The minimum atomic E-state index is -0.813. The Morgan fingerprint density at radius 3 is 2.79 bits per heavy atom. The average Bonchev–Trinajstić information content (AvgIpc) is 2.77. The van der Waals surface area contributed by atoms with E-state index in [1.54, 1.807) is 0 Å². The first-order chi connectivity index (χ1) is 8.91. The Bertz CT molecular complexity index is 521. The molecule has 1 aliphatic carbocycles. The highest BCUT2D eigenvalue weighted by Gasteiger charge is 2.28. The van der Waals surface area contributed by atoms with Crippen molar-refractivity contribution in [3.8, 4) is 5.75 Å². The standard InChI is InChI=1S/C13H15BrFNO3/c1-6-8(14)5-7(12(18)11(6)15)13(19)16-9-3-2-4-10(9)17/h5,9-10,17-18H,2-4H2,1H3,(H,16,19)/t9-,10-/m0/s1. The van der Waals surface area contributed by atoms with Crippen LogP contribution in [0.25, 0.3) is 0 Å². The van der Waals surface area contributed by atoms with Crippen molar-refractivity contribution in [3.63, 3.8) is 0 Å². The maximum absolute atomic E-state index is 13.7. The van der Waals surface area contributed by atoms with Crippen molar-refractivity contribution in [3.05, 3.63) is 27.5 Å². The van der Waals surface area contributed by atoms with Crippen LogP contribution in [0.15, 0.2) is 10.5 Å². The van der Waals surface area contributed by atoms with E-state index in [-0.39, 0.29) is 17.2 Å². The summed E-state index contributed by atoms with van der Waals surface area (Å²) in [5.74, 6) is -2.06. The van der Waals surface area contributed by atoms with Gasteiger partial charge in [-0.15, -0.1) is 0 Å². The van der Waals surface area contributed by atoms with Crippen LogP contribution in [-0.2, 0) is 0 Å². The van der Waals surface area contributed by atoms with Crippen LogP contribution in [0.3, 0.4) is 0 Å². The lowest BCUT2D eigenvalue weighted by Crippen LogP contribution is -2.39. The molecule has 1 aromatic carbocycles. The first-order valence-corrected chi connectivity index (χ1v) is 6.87. The molecule has 3 N–H and O–H groups in total. The molecule has 6 heteroatoms. The van der Waals surface area contributed by atoms with Gasteiger partial charge in [0.15, 0.2) is 11.6 Å². The van der Waals surface area contributed by atoms with Crippen LogP contribution < -0.4 is 5.32 Å². The van der Waals surface area contributed by atoms with Crippen LogP contribution >= 0.6 is 15.9 Å². The number of carbonyl (C=O) groups is 1. The van der Waals surface area contributed by atoms with Crippen LogP contribution in [0.4, 0.5) is 4.39 Å². The molecule has 0 bridgehead atoms. The summed E-state index contributed by atoms with van der Waals surface area (Å²) in [4.78, 5) is 12.0. The van der Waals surface area contributed by atoms with E-state index in [4.69, 9.17) is 0 Å². The monoisotopic (exact) mass is 331 g/mol. The Morgan fingerprint density at radius 2 is 2.21 bits per heavy atom. The van der Waals surface area contributed by atoms with Gasteiger partial charge in [-0.25, -0.2) is 4.39 Å². The normalized spacial score (nSPS) is 22.5. The smallest absolute Gasteiger partial charge is 0.255 e. The zero-order valence-corrected chi connectivity index (χ0v) is 12.0. The van der Waals surface area contributed by atoms with Crippen molar-refractivity contribution in [2.45, 2.75) is 38.3 Å². The second-order valence-corrected chi connectivity index (χ2v) is 5.63. The number of hydrogen-bond donors (Lipinski definition) is 3. The summed E-state index contributed by atoms with van der Waals surface area (Å²) in [6.07, 6.45) is 1.58. The first kappa shape index (κ1) is 14.3. The number of phenolic OH excluding ortho intramolecular Hbond substituents is 1. The highest BCUT2D eigenvalue weighted by molar-refractivity contribution is 9.10. The van der Waals surface area contributed by atoms with Gasteiger partial charge in [-0.2, -0.15) is 0 Å². The second kappa shape index (κ2) is 5.46. The molecule has 0 aromatic heterocycles.